The molecule has 0 amide bonds. The van der Waals surface area contributed by atoms with Crippen LogP contribution in [0.3, 0.4) is 0 Å². The molecule has 2 saturated heterocycles. The zero-order chi connectivity index (χ0) is 21.6. The van der Waals surface area contributed by atoms with Gasteiger partial charge in [-0.1, -0.05) is 18.2 Å². The quantitative estimate of drug-likeness (QED) is 0.516. The number of benzene rings is 1. The molecule has 4 heterocycles. The van der Waals surface area contributed by atoms with Gasteiger partial charge in [-0.3, -0.25) is 0 Å². The van der Waals surface area contributed by atoms with Crippen LogP contribution in [-0.2, 0) is 6.18 Å². The number of nitrogens with zero attached hydrogens (tertiary/aromatic N) is 5. The molecule has 0 bridgehead atoms. The van der Waals surface area contributed by atoms with Crippen molar-refractivity contribution in [2.45, 2.75) is 36.9 Å². The maximum absolute atomic E-state index is 13.6. The van der Waals surface area contributed by atoms with Gasteiger partial charge in [0.05, 0.1) is 17.0 Å². The minimum Gasteiger partial charge on any atom is -0.349 e. The second-order valence-corrected chi connectivity index (χ2v) is 8.58. The second kappa shape index (κ2) is 7.82. The average Bonchev–Trinajstić information content (AvgIpc) is 2.73. The third kappa shape index (κ3) is 3.78. The number of piperidine rings is 1. The lowest BCUT2D eigenvalue weighted by Crippen LogP contribution is -2.43. The van der Waals surface area contributed by atoms with Gasteiger partial charge in [0.15, 0.2) is 5.65 Å². The molecule has 2 aromatic heterocycles. The normalized spacial score (nSPS) is 20.2. The molecule has 0 N–H and O–H groups in total. The third-order valence-electron chi connectivity index (χ3n) is 6.06. The van der Waals surface area contributed by atoms with Crippen LogP contribution in [0.25, 0.3) is 11.0 Å². The molecular formula is C22H21ClF3N5. The van der Waals surface area contributed by atoms with Crippen LogP contribution in [0.5, 0.6) is 0 Å². The van der Waals surface area contributed by atoms with Gasteiger partial charge in [-0.05, 0) is 43.0 Å². The number of hydrogen-bond acceptors (Lipinski definition) is 5. The molecule has 1 aromatic carbocycles. The number of rotatable bonds is 3. The van der Waals surface area contributed by atoms with Crippen LogP contribution in [0.1, 0.15) is 36.4 Å². The summed E-state index contributed by atoms with van der Waals surface area (Å²) in [6.45, 7) is 2.11. The molecule has 0 saturated carbocycles. The van der Waals surface area contributed by atoms with Crippen molar-refractivity contribution in [2.75, 3.05) is 29.4 Å². The summed E-state index contributed by atoms with van der Waals surface area (Å²) in [5, 5.41) is 0.889. The van der Waals surface area contributed by atoms with Gasteiger partial charge in [-0.15, -0.1) is 11.6 Å². The molecule has 0 aliphatic carbocycles. The third-order valence-corrected chi connectivity index (χ3v) is 6.50. The smallest absolute Gasteiger partial charge is 0.349 e. The molecule has 31 heavy (non-hydrogen) atoms. The standard InChI is InChI=1S/C22H21ClF3N5/c23-14-7-11-30(12-8-14)21-28-19-16(5-3-10-27-19)20(29-21)31-13-9-18(31)15-4-1-2-6-17(15)22(24,25)26/h1-6,10,14,18H,7-9,11-13H2. The van der Waals surface area contributed by atoms with E-state index in [1.165, 1.54) is 6.07 Å². The Morgan fingerprint density at radius 1 is 0.935 bits per heavy atom. The molecule has 2 fully saturated rings. The van der Waals surface area contributed by atoms with Crippen molar-refractivity contribution in [1.82, 2.24) is 15.0 Å². The van der Waals surface area contributed by atoms with E-state index in [-0.39, 0.29) is 10.9 Å². The van der Waals surface area contributed by atoms with Crippen molar-refractivity contribution in [1.29, 1.82) is 0 Å². The van der Waals surface area contributed by atoms with Crippen molar-refractivity contribution in [2.24, 2.45) is 0 Å². The number of halogens is 4. The maximum Gasteiger partial charge on any atom is 0.416 e. The predicted molar refractivity (Wildman–Crippen MR) is 115 cm³/mol. The summed E-state index contributed by atoms with van der Waals surface area (Å²) >= 11 is 6.24. The number of pyridine rings is 1. The summed E-state index contributed by atoms with van der Waals surface area (Å²) in [7, 11) is 0. The first-order valence-electron chi connectivity index (χ1n) is 10.4. The van der Waals surface area contributed by atoms with E-state index in [4.69, 9.17) is 16.6 Å². The number of aromatic nitrogens is 3. The number of anilines is 2. The van der Waals surface area contributed by atoms with E-state index in [1.807, 2.05) is 11.0 Å². The van der Waals surface area contributed by atoms with Crippen LogP contribution in [0, 0.1) is 0 Å². The highest BCUT2D eigenvalue weighted by Gasteiger charge is 2.40. The average molecular weight is 448 g/mol. The monoisotopic (exact) mass is 447 g/mol. The molecule has 0 radical (unpaired) electrons. The zero-order valence-corrected chi connectivity index (χ0v) is 17.4. The largest absolute Gasteiger partial charge is 0.416 e. The van der Waals surface area contributed by atoms with Gasteiger partial charge >= 0.3 is 6.18 Å². The van der Waals surface area contributed by atoms with Gasteiger partial charge in [0.25, 0.3) is 0 Å². The lowest BCUT2D eigenvalue weighted by molar-refractivity contribution is -0.138. The van der Waals surface area contributed by atoms with Crippen LogP contribution in [0.15, 0.2) is 42.6 Å². The Morgan fingerprint density at radius 2 is 1.71 bits per heavy atom. The summed E-state index contributed by atoms with van der Waals surface area (Å²) < 4.78 is 40.9. The summed E-state index contributed by atoms with van der Waals surface area (Å²) in [6.07, 6.45) is -0.423. The van der Waals surface area contributed by atoms with E-state index in [9.17, 15) is 13.2 Å². The van der Waals surface area contributed by atoms with E-state index < -0.39 is 17.8 Å². The Balaban J connectivity index is 1.56. The highest BCUT2D eigenvalue weighted by atomic mass is 35.5. The Hall–Kier alpha value is -2.61. The van der Waals surface area contributed by atoms with Crippen LogP contribution >= 0.6 is 11.6 Å². The first-order chi connectivity index (χ1) is 14.9. The summed E-state index contributed by atoms with van der Waals surface area (Å²) in [5.74, 6) is 1.19. The zero-order valence-electron chi connectivity index (χ0n) is 16.7. The highest BCUT2D eigenvalue weighted by molar-refractivity contribution is 6.20. The Kier molecular flexibility index (Phi) is 5.12. The molecule has 1 unspecified atom stereocenters. The SMILES string of the molecule is FC(F)(F)c1ccccc1C1CCN1c1nc(N2CCC(Cl)CC2)nc2ncccc12. The molecule has 5 nitrogen and oxygen atoms in total. The first kappa shape index (κ1) is 20.3. The van der Waals surface area contributed by atoms with E-state index in [0.717, 1.165) is 37.4 Å². The predicted octanol–water partition coefficient (Wildman–Crippen LogP) is 5.20. The molecule has 0 spiro atoms. The summed E-state index contributed by atoms with van der Waals surface area (Å²) in [5.41, 5.74) is 0.234. The Bertz CT molecular complexity index is 1100. The molecule has 162 valence electrons. The number of alkyl halides is 4. The fraction of sp³-hybridized carbons (Fsp3) is 0.409. The van der Waals surface area contributed by atoms with Gasteiger partial charge in [0, 0.05) is 31.2 Å². The maximum atomic E-state index is 13.6. The fourth-order valence-corrected chi connectivity index (χ4v) is 4.55. The first-order valence-corrected chi connectivity index (χ1v) is 10.8. The molecular weight excluding hydrogens is 427 g/mol. The molecule has 3 aromatic rings. The van der Waals surface area contributed by atoms with Crippen LogP contribution in [0.2, 0.25) is 0 Å². The Morgan fingerprint density at radius 3 is 2.42 bits per heavy atom. The lowest BCUT2D eigenvalue weighted by atomic mass is 9.90. The number of fused-ring (bicyclic) bond motifs is 1. The second-order valence-electron chi connectivity index (χ2n) is 7.97. The fourth-order valence-electron chi connectivity index (χ4n) is 4.35. The topological polar surface area (TPSA) is 45.2 Å². The molecule has 2 aliphatic heterocycles. The molecule has 2 aliphatic rings. The van der Waals surface area contributed by atoms with E-state index in [2.05, 4.69) is 14.9 Å². The van der Waals surface area contributed by atoms with Gasteiger partial charge in [0.2, 0.25) is 5.95 Å². The molecule has 5 rings (SSSR count). The van der Waals surface area contributed by atoms with Crippen LogP contribution < -0.4 is 9.80 Å². The Labute approximate surface area is 182 Å². The highest BCUT2D eigenvalue weighted by Crippen LogP contribution is 2.44. The summed E-state index contributed by atoms with van der Waals surface area (Å²) in [4.78, 5) is 17.9. The van der Waals surface area contributed by atoms with Gasteiger partial charge in [0.1, 0.15) is 5.82 Å². The minimum atomic E-state index is -4.40. The summed E-state index contributed by atoms with van der Waals surface area (Å²) in [6, 6.07) is 9.07. The van der Waals surface area contributed by atoms with Crippen molar-refractivity contribution in [3.05, 3.63) is 53.7 Å². The molecule has 9 heteroatoms. The van der Waals surface area contributed by atoms with Gasteiger partial charge in [-0.25, -0.2) is 4.98 Å². The lowest BCUT2D eigenvalue weighted by Gasteiger charge is -2.43. The van der Waals surface area contributed by atoms with Gasteiger partial charge < -0.3 is 9.80 Å². The van der Waals surface area contributed by atoms with Gasteiger partial charge in [-0.2, -0.15) is 23.1 Å². The van der Waals surface area contributed by atoms with Crippen LogP contribution in [-0.4, -0.2) is 40.0 Å². The van der Waals surface area contributed by atoms with Crippen LogP contribution in [0.4, 0.5) is 24.9 Å². The minimum absolute atomic E-state index is 0.146. The van der Waals surface area contributed by atoms with E-state index in [1.54, 1.807) is 24.4 Å². The van der Waals surface area contributed by atoms with E-state index >= 15 is 0 Å². The number of hydrogen-bond donors (Lipinski definition) is 0. The van der Waals surface area contributed by atoms with Crippen molar-refractivity contribution >= 4 is 34.4 Å². The van der Waals surface area contributed by atoms with Crippen molar-refractivity contribution in [3.8, 4) is 0 Å². The molecule has 1 atom stereocenters. The van der Waals surface area contributed by atoms with E-state index in [0.29, 0.717) is 30.4 Å². The van der Waals surface area contributed by atoms with Crippen molar-refractivity contribution in [3.63, 3.8) is 0 Å². The van der Waals surface area contributed by atoms with Crippen molar-refractivity contribution < 1.29 is 13.2 Å².